The molecule has 1 saturated carbocycles. The van der Waals surface area contributed by atoms with Crippen molar-refractivity contribution in [2.45, 2.75) is 44.4 Å². The Kier molecular flexibility index (Phi) is 4.98. The van der Waals surface area contributed by atoms with Crippen LogP contribution in [0.4, 0.5) is 18.9 Å². The number of methoxy groups -OCH3 is 1. The third-order valence-electron chi connectivity index (χ3n) is 7.29. The highest BCUT2D eigenvalue weighted by molar-refractivity contribution is 6.09. The van der Waals surface area contributed by atoms with Gasteiger partial charge in [-0.3, -0.25) is 14.0 Å². The van der Waals surface area contributed by atoms with Crippen molar-refractivity contribution >= 4 is 28.3 Å². The standard InChI is InChI=1S/C25H22F3N5O3/c1-12-7-20-18(29-23(34)22-31-30-21(33(20)22)14-9-16(10-14)36-2)11-17(12)24(35)32-6-5-13-8-15(25(26,27)28)3-4-19(13)32/h3-4,7-8,11,14,16H,5-6,9-10H2,1-2H3,(H,29,34). The molecule has 0 spiro atoms. The maximum atomic E-state index is 13.5. The molecule has 186 valence electrons. The lowest BCUT2D eigenvalue weighted by molar-refractivity contribution is -0.137. The van der Waals surface area contributed by atoms with E-state index < -0.39 is 17.3 Å². The lowest BCUT2D eigenvalue weighted by atomic mass is 9.81. The molecule has 2 aromatic carbocycles. The van der Waals surface area contributed by atoms with E-state index in [-0.39, 0.29) is 30.1 Å². The van der Waals surface area contributed by atoms with Crippen LogP contribution in [0.1, 0.15) is 51.6 Å². The van der Waals surface area contributed by atoms with Crippen molar-refractivity contribution in [2.24, 2.45) is 0 Å². The number of carbonyl (C=O) groups is 1. The minimum absolute atomic E-state index is 0.110. The predicted molar refractivity (Wildman–Crippen MR) is 125 cm³/mol. The summed E-state index contributed by atoms with van der Waals surface area (Å²) in [5.74, 6) is 0.459. The Bertz CT molecular complexity index is 1600. The molecule has 2 aromatic heterocycles. The SMILES string of the molecule is COC1CC(c2nnc3c(=O)[nH]c4cc(C(=O)N5CCc6cc(C(F)(F)F)ccc65)c(C)cc4n23)C1. The molecule has 36 heavy (non-hydrogen) atoms. The number of fused-ring (bicyclic) bond motifs is 4. The van der Waals surface area contributed by atoms with Crippen molar-refractivity contribution in [3.63, 3.8) is 0 Å². The first-order valence-corrected chi connectivity index (χ1v) is 11.6. The molecule has 1 aliphatic heterocycles. The number of aryl methyl sites for hydroxylation is 1. The Hall–Kier alpha value is -3.73. The van der Waals surface area contributed by atoms with Crippen molar-refractivity contribution in [3.05, 3.63) is 68.8 Å². The molecule has 1 amide bonds. The van der Waals surface area contributed by atoms with Gasteiger partial charge in [-0.25, -0.2) is 0 Å². The van der Waals surface area contributed by atoms with E-state index in [0.29, 0.717) is 45.7 Å². The second kappa shape index (κ2) is 7.89. The zero-order chi connectivity index (χ0) is 25.4. The Morgan fingerprint density at radius 3 is 2.67 bits per heavy atom. The van der Waals surface area contributed by atoms with Gasteiger partial charge in [-0.1, -0.05) is 0 Å². The molecule has 1 fully saturated rings. The van der Waals surface area contributed by atoms with Gasteiger partial charge in [-0.15, -0.1) is 10.2 Å². The molecule has 8 nitrogen and oxygen atoms in total. The molecule has 1 N–H and O–H groups in total. The molecule has 0 bridgehead atoms. The maximum Gasteiger partial charge on any atom is 0.416 e. The molecule has 0 atom stereocenters. The van der Waals surface area contributed by atoms with Gasteiger partial charge >= 0.3 is 6.18 Å². The highest BCUT2D eigenvalue weighted by Gasteiger charge is 2.35. The molecular formula is C25H22F3N5O3. The predicted octanol–water partition coefficient (Wildman–Crippen LogP) is 3.99. The number of carbonyl (C=O) groups excluding carboxylic acids is 1. The normalized spacial score (nSPS) is 19.6. The van der Waals surface area contributed by atoms with Gasteiger partial charge < -0.3 is 14.6 Å². The summed E-state index contributed by atoms with van der Waals surface area (Å²) >= 11 is 0. The summed E-state index contributed by atoms with van der Waals surface area (Å²) in [5, 5.41) is 8.37. The second-order valence-corrected chi connectivity index (χ2v) is 9.43. The van der Waals surface area contributed by atoms with Crippen molar-refractivity contribution in [2.75, 3.05) is 18.6 Å². The third kappa shape index (κ3) is 3.41. The minimum Gasteiger partial charge on any atom is -0.381 e. The van der Waals surface area contributed by atoms with Crippen molar-refractivity contribution < 1.29 is 22.7 Å². The number of rotatable bonds is 3. The van der Waals surface area contributed by atoms with E-state index in [1.165, 1.54) is 11.0 Å². The van der Waals surface area contributed by atoms with Crippen LogP contribution in [0.15, 0.2) is 35.1 Å². The molecule has 1 aliphatic carbocycles. The number of anilines is 1. The van der Waals surface area contributed by atoms with Crippen molar-refractivity contribution in [1.29, 1.82) is 0 Å². The first kappa shape index (κ1) is 22.7. The first-order valence-electron chi connectivity index (χ1n) is 11.6. The number of aromatic amines is 1. The molecule has 0 saturated heterocycles. The second-order valence-electron chi connectivity index (χ2n) is 9.43. The van der Waals surface area contributed by atoms with Gasteiger partial charge in [-0.05, 0) is 67.6 Å². The average molecular weight is 497 g/mol. The van der Waals surface area contributed by atoms with E-state index in [9.17, 15) is 22.8 Å². The van der Waals surface area contributed by atoms with E-state index in [0.717, 1.165) is 25.0 Å². The number of ether oxygens (including phenoxy) is 1. The number of nitrogens with one attached hydrogen (secondary N) is 1. The van der Waals surface area contributed by atoms with Crippen LogP contribution in [0, 0.1) is 6.92 Å². The molecule has 11 heteroatoms. The van der Waals surface area contributed by atoms with Crippen molar-refractivity contribution in [3.8, 4) is 0 Å². The molecule has 6 rings (SSSR count). The smallest absolute Gasteiger partial charge is 0.381 e. The van der Waals surface area contributed by atoms with Crippen LogP contribution in [0.25, 0.3) is 16.7 Å². The summed E-state index contributed by atoms with van der Waals surface area (Å²) in [7, 11) is 1.67. The van der Waals surface area contributed by atoms with E-state index in [1.807, 2.05) is 6.07 Å². The van der Waals surface area contributed by atoms with Crippen LogP contribution in [-0.4, -0.2) is 45.2 Å². The number of H-pyrrole nitrogens is 1. The number of aromatic nitrogens is 4. The Balaban J connectivity index is 1.41. The summed E-state index contributed by atoms with van der Waals surface area (Å²) in [6.45, 7) is 2.07. The lowest BCUT2D eigenvalue weighted by Gasteiger charge is -2.32. The van der Waals surface area contributed by atoms with Crippen LogP contribution in [0.2, 0.25) is 0 Å². The van der Waals surface area contributed by atoms with E-state index >= 15 is 0 Å². The number of benzene rings is 2. The fourth-order valence-corrected chi connectivity index (χ4v) is 5.24. The van der Waals surface area contributed by atoms with Crippen LogP contribution >= 0.6 is 0 Å². The average Bonchev–Trinajstić information content (AvgIpc) is 3.43. The van der Waals surface area contributed by atoms with Crippen LogP contribution in [-0.2, 0) is 17.3 Å². The summed E-state index contributed by atoms with van der Waals surface area (Å²) < 4.78 is 46.5. The molecular weight excluding hydrogens is 475 g/mol. The number of alkyl halides is 3. The molecule has 4 aromatic rings. The van der Waals surface area contributed by atoms with Crippen LogP contribution in [0.5, 0.6) is 0 Å². The van der Waals surface area contributed by atoms with Gasteiger partial charge in [0.25, 0.3) is 11.5 Å². The highest BCUT2D eigenvalue weighted by atomic mass is 19.4. The summed E-state index contributed by atoms with van der Waals surface area (Å²) in [4.78, 5) is 30.6. The fraction of sp³-hybridized carbons (Fsp3) is 0.360. The number of amides is 1. The van der Waals surface area contributed by atoms with Gasteiger partial charge in [0, 0.05) is 30.8 Å². The zero-order valence-electron chi connectivity index (χ0n) is 19.5. The van der Waals surface area contributed by atoms with Crippen LogP contribution in [0.3, 0.4) is 0 Å². The van der Waals surface area contributed by atoms with E-state index in [2.05, 4.69) is 15.2 Å². The summed E-state index contributed by atoms with van der Waals surface area (Å²) in [5.41, 5.74) is 2.15. The topological polar surface area (TPSA) is 92.6 Å². The molecule has 3 heterocycles. The first-order chi connectivity index (χ1) is 17.2. The minimum atomic E-state index is -4.44. The van der Waals surface area contributed by atoms with Gasteiger partial charge in [-0.2, -0.15) is 13.2 Å². The highest BCUT2D eigenvalue weighted by Crippen LogP contribution is 2.39. The van der Waals surface area contributed by atoms with E-state index in [4.69, 9.17) is 4.74 Å². The molecule has 0 radical (unpaired) electrons. The number of halogens is 3. The fourth-order valence-electron chi connectivity index (χ4n) is 5.24. The van der Waals surface area contributed by atoms with Gasteiger partial charge in [0.2, 0.25) is 5.65 Å². The third-order valence-corrected chi connectivity index (χ3v) is 7.29. The molecule has 2 aliphatic rings. The summed E-state index contributed by atoms with van der Waals surface area (Å²) in [6.07, 6.45) is -2.39. The maximum absolute atomic E-state index is 13.5. The zero-order valence-corrected chi connectivity index (χ0v) is 19.5. The number of hydrogen-bond acceptors (Lipinski definition) is 5. The van der Waals surface area contributed by atoms with Gasteiger partial charge in [0.1, 0.15) is 5.82 Å². The Morgan fingerprint density at radius 1 is 1.17 bits per heavy atom. The Labute approximate surface area is 202 Å². The largest absolute Gasteiger partial charge is 0.416 e. The molecule has 0 unspecified atom stereocenters. The van der Waals surface area contributed by atoms with E-state index in [1.54, 1.807) is 24.5 Å². The lowest BCUT2D eigenvalue weighted by Crippen LogP contribution is -2.30. The Morgan fingerprint density at radius 2 is 1.94 bits per heavy atom. The van der Waals surface area contributed by atoms with Crippen molar-refractivity contribution in [1.82, 2.24) is 19.6 Å². The van der Waals surface area contributed by atoms with Crippen LogP contribution < -0.4 is 10.5 Å². The number of nitrogens with zero attached hydrogens (tertiary/aromatic N) is 4. The number of hydrogen-bond donors (Lipinski definition) is 1. The monoisotopic (exact) mass is 497 g/mol. The summed E-state index contributed by atoms with van der Waals surface area (Å²) in [6, 6.07) is 6.88. The quantitative estimate of drug-likeness (QED) is 0.462. The van der Waals surface area contributed by atoms with Gasteiger partial charge in [0.05, 0.1) is 22.7 Å². The van der Waals surface area contributed by atoms with Gasteiger partial charge in [0.15, 0.2) is 0 Å².